The SMILES string of the molecule is CN(CC(=O)N1CCc2ccc([N+](=O)[O-])cc21)CC(O)C1CC1. The summed E-state index contributed by atoms with van der Waals surface area (Å²) in [5, 5.41) is 20.9. The summed E-state index contributed by atoms with van der Waals surface area (Å²) in [6, 6.07) is 4.67. The number of aliphatic hydroxyl groups is 1. The summed E-state index contributed by atoms with van der Waals surface area (Å²) < 4.78 is 0. The molecule has 0 bridgehead atoms. The van der Waals surface area contributed by atoms with Crippen LogP contribution >= 0.6 is 0 Å². The highest BCUT2D eigenvalue weighted by Crippen LogP contribution is 2.33. The molecule has 23 heavy (non-hydrogen) atoms. The highest BCUT2D eigenvalue weighted by molar-refractivity contribution is 5.97. The topological polar surface area (TPSA) is 86.9 Å². The lowest BCUT2D eigenvalue weighted by atomic mass is 10.1. The van der Waals surface area contributed by atoms with Gasteiger partial charge in [0.2, 0.25) is 5.91 Å². The number of nitro groups is 1. The third-order valence-electron chi connectivity index (χ3n) is 4.55. The maximum atomic E-state index is 12.5. The van der Waals surface area contributed by atoms with Gasteiger partial charge >= 0.3 is 0 Å². The first-order valence-electron chi connectivity index (χ1n) is 7.90. The molecule has 1 aliphatic heterocycles. The zero-order valence-corrected chi connectivity index (χ0v) is 13.1. The molecular formula is C16H21N3O4. The first-order valence-corrected chi connectivity index (χ1v) is 7.90. The highest BCUT2D eigenvalue weighted by atomic mass is 16.6. The molecule has 1 aromatic rings. The summed E-state index contributed by atoms with van der Waals surface area (Å²) >= 11 is 0. The minimum absolute atomic E-state index is 0.000889. The monoisotopic (exact) mass is 319 g/mol. The van der Waals surface area contributed by atoms with Crippen LogP contribution in [0.15, 0.2) is 18.2 Å². The zero-order chi connectivity index (χ0) is 16.6. The second-order valence-electron chi connectivity index (χ2n) is 6.47. The number of carbonyl (C=O) groups is 1. The van der Waals surface area contributed by atoms with Gasteiger partial charge < -0.3 is 10.0 Å². The quantitative estimate of drug-likeness (QED) is 0.628. The second kappa shape index (κ2) is 6.25. The minimum atomic E-state index is -0.445. The number of aliphatic hydroxyl groups excluding tert-OH is 1. The lowest BCUT2D eigenvalue weighted by molar-refractivity contribution is -0.384. The average Bonchev–Trinajstić information content (AvgIpc) is 3.26. The predicted molar refractivity (Wildman–Crippen MR) is 85.4 cm³/mol. The van der Waals surface area contributed by atoms with E-state index in [1.807, 2.05) is 11.9 Å². The molecule has 0 radical (unpaired) electrons. The number of amides is 1. The molecule has 0 saturated heterocycles. The van der Waals surface area contributed by atoms with Crippen LogP contribution in [0.5, 0.6) is 0 Å². The van der Waals surface area contributed by atoms with Gasteiger partial charge in [-0.2, -0.15) is 0 Å². The third-order valence-corrected chi connectivity index (χ3v) is 4.55. The number of fused-ring (bicyclic) bond motifs is 1. The van der Waals surface area contributed by atoms with Crippen molar-refractivity contribution in [1.29, 1.82) is 0 Å². The fourth-order valence-electron chi connectivity index (χ4n) is 3.07. The number of rotatable bonds is 6. The van der Waals surface area contributed by atoms with Crippen LogP contribution in [0.4, 0.5) is 11.4 Å². The molecule has 7 nitrogen and oxygen atoms in total. The van der Waals surface area contributed by atoms with Gasteiger partial charge in [-0.05, 0) is 37.8 Å². The molecule has 1 N–H and O–H groups in total. The van der Waals surface area contributed by atoms with Crippen molar-refractivity contribution in [2.75, 3.05) is 31.6 Å². The van der Waals surface area contributed by atoms with Gasteiger partial charge in [0, 0.05) is 25.2 Å². The number of nitro benzene ring substituents is 1. The van der Waals surface area contributed by atoms with E-state index in [9.17, 15) is 20.0 Å². The molecule has 7 heteroatoms. The molecule has 124 valence electrons. The van der Waals surface area contributed by atoms with Gasteiger partial charge in [0.25, 0.3) is 5.69 Å². The lowest BCUT2D eigenvalue weighted by Crippen LogP contribution is -2.41. The van der Waals surface area contributed by atoms with E-state index in [1.165, 1.54) is 12.1 Å². The number of anilines is 1. The van der Waals surface area contributed by atoms with Gasteiger partial charge in [-0.1, -0.05) is 6.07 Å². The second-order valence-corrected chi connectivity index (χ2v) is 6.47. The number of hydrogen-bond acceptors (Lipinski definition) is 5. The molecule has 3 rings (SSSR count). The Hall–Kier alpha value is -1.99. The van der Waals surface area contributed by atoms with Crippen molar-refractivity contribution in [2.45, 2.75) is 25.4 Å². The molecule has 1 heterocycles. The van der Waals surface area contributed by atoms with Crippen LogP contribution in [0.3, 0.4) is 0 Å². The number of likely N-dealkylation sites (N-methyl/N-ethyl adjacent to an activating group) is 1. The van der Waals surface area contributed by atoms with Crippen molar-refractivity contribution in [3.63, 3.8) is 0 Å². The van der Waals surface area contributed by atoms with Gasteiger partial charge in [-0.25, -0.2) is 0 Å². The van der Waals surface area contributed by atoms with E-state index in [0.717, 1.165) is 18.4 Å². The van der Waals surface area contributed by atoms with Crippen LogP contribution in [0.1, 0.15) is 18.4 Å². The lowest BCUT2D eigenvalue weighted by Gasteiger charge is -2.23. The molecule has 0 spiro atoms. The maximum Gasteiger partial charge on any atom is 0.271 e. The molecule has 1 amide bonds. The summed E-state index contributed by atoms with van der Waals surface area (Å²) in [4.78, 5) is 26.4. The third kappa shape index (κ3) is 3.51. The number of nitrogens with zero attached hydrogens (tertiary/aromatic N) is 3. The normalized spacial score (nSPS) is 18.1. The van der Waals surface area contributed by atoms with E-state index in [1.54, 1.807) is 11.0 Å². The molecule has 1 aromatic carbocycles. The van der Waals surface area contributed by atoms with Gasteiger partial charge in [0.1, 0.15) is 0 Å². The Morgan fingerprint density at radius 3 is 2.91 bits per heavy atom. The van der Waals surface area contributed by atoms with E-state index in [2.05, 4.69) is 0 Å². The Balaban J connectivity index is 1.65. The first kappa shape index (κ1) is 15.9. The highest BCUT2D eigenvalue weighted by Gasteiger charge is 2.31. The van der Waals surface area contributed by atoms with E-state index in [-0.39, 0.29) is 24.2 Å². The molecule has 1 fully saturated rings. The Kier molecular flexibility index (Phi) is 4.32. The fourth-order valence-corrected chi connectivity index (χ4v) is 3.07. The predicted octanol–water partition coefficient (Wildman–Crippen LogP) is 1.19. The molecule has 1 atom stereocenters. The summed E-state index contributed by atoms with van der Waals surface area (Å²) in [6.07, 6.45) is 2.46. The molecule has 0 aromatic heterocycles. The van der Waals surface area contributed by atoms with Gasteiger partial charge in [0.15, 0.2) is 0 Å². The number of non-ortho nitro benzene ring substituents is 1. The van der Waals surface area contributed by atoms with E-state index < -0.39 is 4.92 Å². The number of benzene rings is 1. The van der Waals surface area contributed by atoms with Gasteiger partial charge in [-0.15, -0.1) is 0 Å². The van der Waals surface area contributed by atoms with E-state index in [0.29, 0.717) is 31.1 Å². The summed E-state index contributed by atoms with van der Waals surface area (Å²) in [7, 11) is 1.81. The standard InChI is InChI=1S/C16H21N3O4/c1-17(9-15(20)12-2-3-12)10-16(21)18-7-6-11-4-5-13(19(22)23)8-14(11)18/h4-5,8,12,15,20H,2-3,6-7,9-10H2,1H3. The van der Waals surface area contributed by atoms with Gasteiger partial charge in [-0.3, -0.25) is 19.8 Å². The van der Waals surface area contributed by atoms with E-state index in [4.69, 9.17) is 0 Å². The number of carbonyl (C=O) groups excluding carboxylic acids is 1. The largest absolute Gasteiger partial charge is 0.392 e. The van der Waals surface area contributed by atoms with Crippen LogP contribution in [-0.2, 0) is 11.2 Å². The van der Waals surface area contributed by atoms with Crippen molar-refractivity contribution in [3.8, 4) is 0 Å². The fraction of sp³-hybridized carbons (Fsp3) is 0.562. The Bertz CT molecular complexity index is 630. The molecule has 1 unspecified atom stereocenters. The maximum absolute atomic E-state index is 12.5. The Morgan fingerprint density at radius 1 is 1.52 bits per heavy atom. The van der Waals surface area contributed by atoms with Crippen molar-refractivity contribution >= 4 is 17.3 Å². The molecular weight excluding hydrogens is 298 g/mol. The molecule has 1 aliphatic carbocycles. The smallest absolute Gasteiger partial charge is 0.271 e. The minimum Gasteiger partial charge on any atom is -0.392 e. The van der Waals surface area contributed by atoms with Crippen LogP contribution in [0.2, 0.25) is 0 Å². The van der Waals surface area contributed by atoms with Crippen molar-refractivity contribution in [3.05, 3.63) is 33.9 Å². The summed E-state index contributed by atoms with van der Waals surface area (Å²) in [5.74, 6) is 0.289. The van der Waals surface area contributed by atoms with E-state index >= 15 is 0 Å². The van der Waals surface area contributed by atoms with Crippen molar-refractivity contribution < 1.29 is 14.8 Å². The van der Waals surface area contributed by atoms with Gasteiger partial charge in [0.05, 0.1) is 23.3 Å². The average molecular weight is 319 g/mol. The van der Waals surface area contributed by atoms with Crippen LogP contribution in [0, 0.1) is 16.0 Å². The van der Waals surface area contributed by atoms with Crippen LogP contribution in [0.25, 0.3) is 0 Å². The van der Waals surface area contributed by atoms with Crippen molar-refractivity contribution in [1.82, 2.24) is 4.90 Å². The van der Waals surface area contributed by atoms with Crippen molar-refractivity contribution in [2.24, 2.45) is 5.92 Å². The summed E-state index contributed by atoms with van der Waals surface area (Å²) in [5.41, 5.74) is 1.60. The van der Waals surface area contributed by atoms with Crippen LogP contribution < -0.4 is 4.90 Å². The molecule has 2 aliphatic rings. The first-order chi connectivity index (χ1) is 11.0. The summed E-state index contributed by atoms with van der Waals surface area (Å²) in [6.45, 7) is 1.23. The van der Waals surface area contributed by atoms with Crippen LogP contribution in [-0.4, -0.2) is 53.6 Å². The number of hydrogen-bond donors (Lipinski definition) is 1. The zero-order valence-electron chi connectivity index (χ0n) is 13.1. The molecule has 1 saturated carbocycles. The Labute approximate surface area is 134 Å². The Morgan fingerprint density at radius 2 is 2.26 bits per heavy atom.